The Labute approximate surface area is 123 Å². The summed E-state index contributed by atoms with van der Waals surface area (Å²) < 4.78 is 10.3. The smallest absolute Gasteiger partial charge is 0.255 e. The minimum Gasteiger partial charge on any atom is -0.497 e. The Morgan fingerprint density at radius 1 is 1.00 bits per heavy atom. The van der Waals surface area contributed by atoms with E-state index in [9.17, 15) is 4.79 Å². The summed E-state index contributed by atoms with van der Waals surface area (Å²) in [6.07, 6.45) is 0. The van der Waals surface area contributed by atoms with Crippen molar-refractivity contribution < 1.29 is 14.3 Å². The van der Waals surface area contributed by atoms with Gasteiger partial charge in [0.1, 0.15) is 11.5 Å². The van der Waals surface area contributed by atoms with Crippen LogP contribution in [0.25, 0.3) is 0 Å². The average molecular weight is 286 g/mol. The minimum atomic E-state index is -0.235. The molecule has 0 saturated carbocycles. The van der Waals surface area contributed by atoms with Gasteiger partial charge in [-0.3, -0.25) is 4.79 Å². The third-order valence-electron chi connectivity index (χ3n) is 2.97. The summed E-state index contributed by atoms with van der Waals surface area (Å²) in [6.45, 7) is 1.89. The van der Waals surface area contributed by atoms with Crippen LogP contribution in [-0.4, -0.2) is 20.1 Å². The Balaban J connectivity index is 2.26. The second kappa shape index (κ2) is 6.17. The van der Waals surface area contributed by atoms with Crippen LogP contribution >= 0.6 is 0 Å². The normalized spacial score (nSPS) is 10.0. The van der Waals surface area contributed by atoms with Crippen LogP contribution in [0.1, 0.15) is 15.9 Å². The van der Waals surface area contributed by atoms with Gasteiger partial charge in [0.25, 0.3) is 5.91 Å². The van der Waals surface area contributed by atoms with Crippen molar-refractivity contribution in [3.63, 3.8) is 0 Å². The predicted molar refractivity (Wildman–Crippen MR) is 83.1 cm³/mol. The van der Waals surface area contributed by atoms with E-state index in [4.69, 9.17) is 15.2 Å². The molecule has 0 unspecified atom stereocenters. The maximum atomic E-state index is 12.3. The van der Waals surface area contributed by atoms with Gasteiger partial charge < -0.3 is 20.5 Å². The number of nitrogens with one attached hydrogen (secondary N) is 1. The van der Waals surface area contributed by atoms with E-state index in [0.29, 0.717) is 28.4 Å². The van der Waals surface area contributed by atoms with Gasteiger partial charge in [-0.15, -0.1) is 0 Å². The highest BCUT2D eigenvalue weighted by Crippen LogP contribution is 2.26. The lowest BCUT2D eigenvalue weighted by Gasteiger charge is -2.10. The van der Waals surface area contributed by atoms with Crippen LogP contribution in [0.3, 0.4) is 0 Å². The third kappa shape index (κ3) is 3.66. The Morgan fingerprint density at radius 3 is 2.14 bits per heavy atom. The van der Waals surface area contributed by atoms with Crippen molar-refractivity contribution in [2.24, 2.45) is 0 Å². The molecule has 0 bridgehead atoms. The summed E-state index contributed by atoms with van der Waals surface area (Å²) in [5, 5.41) is 2.81. The summed E-state index contributed by atoms with van der Waals surface area (Å²) in [6, 6.07) is 10.4. The largest absolute Gasteiger partial charge is 0.497 e. The molecule has 2 aromatic carbocycles. The van der Waals surface area contributed by atoms with E-state index < -0.39 is 0 Å². The number of aryl methyl sites for hydroxylation is 1. The molecule has 0 radical (unpaired) electrons. The van der Waals surface area contributed by atoms with Crippen LogP contribution in [0, 0.1) is 6.92 Å². The van der Waals surface area contributed by atoms with E-state index in [1.165, 1.54) is 0 Å². The fourth-order valence-electron chi connectivity index (χ4n) is 2.03. The quantitative estimate of drug-likeness (QED) is 0.848. The molecule has 0 aromatic heterocycles. The molecule has 2 aromatic rings. The Hall–Kier alpha value is -2.69. The van der Waals surface area contributed by atoms with Gasteiger partial charge in [-0.1, -0.05) is 0 Å². The molecule has 0 fully saturated rings. The Morgan fingerprint density at radius 2 is 1.62 bits per heavy atom. The zero-order valence-corrected chi connectivity index (χ0v) is 12.3. The molecule has 0 heterocycles. The molecule has 0 aliphatic heterocycles. The lowest BCUT2D eigenvalue weighted by atomic mass is 10.1. The number of nitrogen functional groups attached to an aromatic ring is 1. The third-order valence-corrected chi connectivity index (χ3v) is 2.97. The number of carbonyl (C=O) groups is 1. The average Bonchev–Trinajstić information content (AvgIpc) is 2.45. The molecule has 0 spiro atoms. The lowest BCUT2D eigenvalue weighted by Crippen LogP contribution is -2.12. The van der Waals surface area contributed by atoms with E-state index in [-0.39, 0.29) is 5.91 Å². The zero-order chi connectivity index (χ0) is 15.4. The van der Waals surface area contributed by atoms with Gasteiger partial charge in [-0.05, 0) is 30.7 Å². The number of anilines is 2. The number of nitrogens with two attached hydrogens (primary N) is 1. The zero-order valence-electron chi connectivity index (χ0n) is 12.3. The Bertz CT molecular complexity index is 626. The second-order valence-electron chi connectivity index (χ2n) is 4.69. The van der Waals surface area contributed by atoms with Crippen LogP contribution < -0.4 is 20.5 Å². The van der Waals surface area contributed by atoms with Crippen molar-refractivity contribution in [1.82, 2.24) is 0 Å². The van der Waals surface area contributed by atoms with Crippen LogP contribution in [0.15, 0.2) is 36.4 Å². The van der Waals surface area contributed by atoms with E-state index in [0.717, 1.165) is 5.56 Å². The fraction of sp³-hybridized carbons (Fsp3) is 0.188. The molecule has 21 heavy (non-hydrogen) atoms. The molecule has 0 aliphatic rings. The molecular formula is C16H18N2O3. The number of hydrogen-bond acceptors (Lipinski definition) is 4. The number of amides is 1. The molecular weight excluding hydrogens is 268 g/mol. The van der Waals surface area contributed by atoms with Crippen molar-refractivity contribution in [2.75, 3.05) is 25.3 Å². The highest BCUT2D eigenvalue weighted by molar-refractivity contribution is 6.05. The van der Waals surface area contributed by atoms with Gasteiger partial charge in [0, 0.05) is 35.1 Å². The first-order chi connectivity index (χ1) is 10.0. The Kier molecular flexibility index (Phi) is 4.33. The van der Waals surface area contributed by atoms with E-state index in [2.05, 4.69) is 5.32 Å². The van der Waals surface area contributed by atoms with Crippen LogP contribution in [0.2, 0.25) is 0 Å². The highest BCUT2D eigenvalue weighted by Gasteiger charge is 2.09. The molecule has 5 heteroatoms. The summed E-state index contributed by atoms with van der Waals surface area (Å²) >= 11 is 0. The van der Waals surface area contributed by atoms with Gasteiger partial charge in [0.2, 0.25) is 0 Å². The molecule has 5 nitrogen and oxygen atoms in total. The summed E-state index contributed by atoms with van der Waals surface area (Å²) in [7, 11) is 3.11. The number of ether oxygens (including phenoxy) is 2. The molecule has 1 amide bonds. The first-order valence-electron chi connectivity index (χ1n) is 6.43. The number of carbonyl (C=O) groups excluding carboxylic acids is 1. The number of benzene rings is 2. The lowest BCUT2D eigenvalue weighted by molar-refractivity contribution is 0.102. The number of rotatable bonds is 4. The molecule has 0 saturated heterocycles. The summed E-state index contributed by atoms with van der Waals surface area (Å²) in [5.74, 6) is 0.975. The standard InChI is InChI=1S/C16H18N2O3/c1-10-4-11(6-12(17)5-10)16(19)18-13-7-14(20-2)9-15(8-13)21-3/h4-9H,17H2,1-3H3,(H,18,19). The molecule has 110 valence electrons. The van der Waals surface area contributed by atoms with Crippen molar-refractivity contribution in [1.29, 1.82) is 0 Å². The van der Waals surface area contributed by atoms with Crippen LogP contribution in [0.5, 0.6) is 11.5 Å². The van der Waals surface area contributed by atoms with Crippen molar-refractivity contribution in [3.8, 4) is 11.5 Å². The topological polar surface area (TPSA) is 73.6 Å². The van der Waals surface area contributed by atoms with Crippen LogP contribution in [-0.2, 0) is 0 Å². The van der Waals surface area contributed by atoms with Gasteiger partial charge in [0.15, 0.2) is 0 Å². The summed E-state index contributed by atoms with van der Waals surface area (Å²) in [5.41, 5.74) is 8.36. The number of hydrogen-bond donors (Lipinski definition) is 2. The van der Waals surface area contributed by atoms with E-state index in [1.807, 2.05) is 13.0 Å². The minimum absolute atomic E-state index is 0.235. The predicted octanol–water partition coefficient (Wildman–Crippen LogP) is 2.85. The first-order valence-corrected chi connectivity index (χ1v) is 6.43. The maximum Gasteiger partial charge on any atom is 0.255 e. The van der Waals surface area contributed by atoms with Crippen molar-refractivity contribution in [2.45, 2.75) is 6.92 Å². The highest BCUT2D eigenvalue weighted by atomic mass is 16.5. The maximum absolute atomic E-state index is 12.3. The van der Waals surface area contributed by atoms with Crippen molar-refractivity contribution in [3.05, 3.63) is 47.5 Å². The number of methoxy groups -OCH3 is 2. The molecule has 0 atom stereocenters. The fourth-order valence-corrected chi connectivity index (χ4v) is 2.03. The first kappa shape index (κ1) is 14.7. The van der Waals surface area contributed by atoms with Gasteiger partial charge in [-0.25, -0.2) is 0 Å². The molecule has 3 N–H and O–H groups in total. The van der Waals surface area contributed by atoms with Gasteiger partial charge in [-0.2, -0.15) is 0 Å². The van der Waals surface area contributed by atoms with Gasteiger partial charge >= 0.3 is 0 Å². The second-order valence-corrected chi connectivity index (χ2v) is 4.69. The monoisotopic (exact) mass is 286 g/mol. The SMILES string of the molecule is COc1cc(NC(=O)c2cc(C)cc(N)c2)cc(OC)c1. The molecule has 2 rings (SSSR count). The molecule has 0 aliphatic carbocycles. The van der Waals surface area contributed by atoms with Gasteiger partial charge in [0.05, 0.1) is 14.2 Å². The summed E-state index contributed by atoms with van der Waals surface area (Å²) in [4.78, 5) is 12.3. The van der Waals surface area contributed by atoms with E-state index in [1.54, 1.807) is 44.6 Å². The van der Waals surface area contributed by atoms with E-state index >= 15 is 0 Å². The van der Waals surface area contributed by atoms with Crippen molar-refractivity contribution >= 4 is 17.3 Å². The van der Waals surface area contributed by atoms with Crippen LogP contribution in [0.4, 0.5) is 11.4 Å².